The van der Waals surface area contributed by atoms with Crippen molar-refractivity contribution >= 4 is 17.9 Å². The first-order valence-corrected chi connectivity index (χ1v) is 6.03. The van der Waals surface area contributed by atoms with Crippen LogP contribution in [0.1, 0.15) is 16.2 Å². The number of rotatable bonds is 3. The first-order valence-electron chi connectivity index (χ1n) is 5.65. The summed E-state index contributed by atoms with van der Waals surface area (Å²) in [5.41, 5.74) is 0.424. The lowest BCUT2D eigenvalue weighted by atomic mass is 10.1. The van der Waals surface area contributed by atoms with Gasteiger partial charge in [-0.05, 0) is 19.1 Å². The Morgan fingerprint density at radius 2 is 2.00 bits per heavy atom. The van der Waals surface area contributed by atoms with Crippen molar-refractivity contribution in [1.29, 1.82) is 0 Å². The normalized spacial score (nSPS) is 11.3. The highest BCUT2D eigenvalue weighted by Gasteiger charge is 2.31. The molecule has 2 rings (SSSR count). The Labute approximate surface area is 122 Å². The minimum atomic E-state index is -4.80. The number of benzene rings is 1. The van der Waals surface area contributed by atoms with E-state index >= 15 is 0 Å². The second kappa shape index (κ2) is 5.69. The second-order valence-electron chi connectivity index (χ2n) is 4.02. The Bertz CT molecular complexity index is 690. The fraction of sp³-hybridized carbons (Fsp3) is 0.154. The molecule has 21 heavy (non-hydrogen) atoms. The molecule has 4 nitrogen and oxygen atoms in total. The number of aldehydes is 1. The van der Waals surface area contributed by atoms with Gasteiger partial charge in [-0.25, -0.2) is 9.97 Å². The summed E-state index contributed by atoms with van der Waals surface area (Å²) in [5.74, 6) is -0.119. The lowest BCUT2D eigenvalue weighted by molar-refractivity contribution is -0.274. The molecule has 0 aliphatic rings. The van der Waals surface area contributed by atoms with E-state index in [-0.39, 0.29) is 22.0 Å². The molecular weight excluding hydrogens is 309 g/mol. The van der Waals surface area contributed by atoms with E-state index in [1.54, 1.807) is 6.92 Å². The van der Waals surface area contributed by atoms with Crippen molar-refractivity contribution in [3.8, 4) is 17.0 Å². The number of halogens is 4. The topological polar surface area (TPSA) is 52.1 Å². The number of aromatic nitrogens is 2. The maximum Gasteiger partial charge on any atom is 0.573 e. The molecule has 0 saturated carbocycles. The van der Waals surface area contributed by atoms with Crippen molar-refractivity contribution in [3.63, 3.8) is 0 Å². The largest absolute Gasteiger partial charge is 0.573 e. The van der Waals surface area contributed by atoms with Gasteiger partial charge >= 0.3 is 6.36 Å². The van der Waals surface area contributed by atoms with Crippen LogP contribution in [0.15, 0.2) is 24.3 Å². The fourth-order valence-electron chi connectivity index (χ4n) is 1.71. The van der Waals surface area contributed by atoms with Gasteiger partial charge in [0.05, 0.1) is 11.3 Å². The molecule has 2 aromatic rings. The van der Waals surface area contributed by atoms with Crippen molar-refractivity contribution in [2.24, 2.45) is 0 Å². The summed E-state index contributed by atoms with van der Waals surface area (Å²) < 4.78 is 40.5. The van der Waals surface area contributed by atoms with Gasteiger partial charge in [0, 0.05) is 5.56 Å². The number of aryl methyl sites for hydroxylation is 1. The molecule has 8 heteroatoms. The van der Waals surface area contributed by atoms with E-state index in [1.165, 1.54) is 12.1 Å². The predicted molar refractivity (Wildman–Crippen MR) is 69.3 cm³/mol. The van der Waals surface area contributed by atoms with Gasteiger partial charge in [0.15, 0.2) is 6.29 Å². The number of carbonyl (C=O) groups excluding carboxylic acids is 1. The molecule has 0 bridgehead atoms. The molecule has 0 atom stereocenters. The van der Waals surface area contributed by atoms with E-state index in [1.807, 2.05) is 0 Å². The standard InChI is InChI=1S/C13H8ClF3N2O2/c1-7-18-11(10(6-20)12(14)19-7)8-3-2-4-9(5-8)21-13(15,16)17/h2-6H,1H3. The number of nitrogens with zero attached hydrogens (tertiary/aromatic N) is 2. The number of carbonyl (C=O) groups is 1. The van der Waals surface area contributed by atoms with Crippen LogP contribution >= 0.6 is 11.6 Å². The average molecular weight is 317 g/mol. The molecule has 0 radical (unpaired) electrons. The van der Waals surface area contributed by atoms with Crippen LogP contribution in [0.5, 0.6) is 5.75 Å². The van der Waals surface area contributed by atoms with Gasteiger partial charge in [-0.1, -0.05) is 23.7 Å². The molecule has 1 heterocycles. The molecule has 0 fully saturated rings. The summed E-state index contributed by atoms with van der Waals surface area (Å²) >= 11 is 5.84. The maximum atomic E-state index is 12.2. The number of alkyl halides is 3. The number of hydrogen-bond acceptors (Lipinski definition) is 4. The van der Waals surface area contributed by atoms with Gasteiger partial charge in [-0.3, -0.25) is 4.79 Å². The predicted octanol–water partition coefficient (Wildman–Crippen LogP) is 3.82. The Morgan fingerprint density at radius 3 is 2.62 bits per heavy atom. The molecule has 0 amide bonds. The molecule has 110 valence electrons. The summed E-state index contributed by atoms with van der Waals surface area (Å²) in [7, 11) is 0. The first kappa shape index (κ1) is 15.2. The Hall–Kier alpha value is -2.15. The van der Waals surface area contributed by atoms with Gasteiger partial charge < -0.3 is 4.74 Å². The smallest absolute Gasteiger partial charge is 0.406 e. The SMILES string of the molecule is Cc1nc(Cl)c(C=O)c(-c2cccc(OC(F)(F)F)c2)n1. The highest BCUT2D eigenvalue weighted by atomic mass is 35.5. The van der Waals surface area contributed by atoms with Crippen LogP contribution in [-0.4, -0.2) is 22.6 Å². The molecule has 1 aromatic heterocycles. The molecule has 0 aliphatic heterocycles. The van der Waals surface area contributed by atoms with Crippen molar-refractivity contribution < 1.29 is 22.7 Å². The lowest BCUT2D eigenvalue weighted by Crippen LogP contribution is -2.17. The third kappa shape index (κ3) is 3.69. The van der Waals surface area contributed by atoms with E-state index in [9.17, 15) is 18.0 Å². The van der Waals surface area contributed by atoms with Crippen LogP contribution in [0.2, 0.25) is 5.15 Å². The Kier molecular flexibility index (Phi) is 4.13. The molecule has 0 spiro atoms. The second-order valence-corrected chi connectivity index (χ2v) is 4.38. The van der Waals surface area contributed by atoms with Gasteiger partial charge in [0.2, 0.25) is 0 Å². The van der Waals surface area contributed by atoms with Crippen LogP contribution in [-0.2, 0) is 0 Å². The van der Waals surface area contributed by atoms with Gasteiger partial charge in [-0.15, -0.1) is 13.2 Å². The summed E-state index contributed by atoms with van der Waals surface area (Å²) in [5, 5.41) is -0.0605. The van der Waals surface area contributed by atoms with Crippen LogP contribution in [0, 0.1) is 6.92 Å². The third-order valence-corrected chi connectivity index (χ3v) is 2.76. The van der Waals surface area contributed by atoms with E-state index in [4.69, 9.17) is 11.6 Å². The van der Waals surface area contributed by atoms with E-state index in [0.29, 0.717) is 12.1 Å². The first-order chi connectivity index (χ1) is 9.80. The maximum absolute atomic E-state index is 12.2. The van der Waals surface area contributed by atoms with Crippen molar-refractivity contribution in [3.05, 3.63) is 40.8 Å². The highest BCUT2D eigenvalue weighted by Crippen LogP contribution is 2.30. The van der Waals surface area contributed by atoms with Crippen LogP contribution in [0.3, 0.4) is 0 Å². The summed E-state index contributed by atoms with van der Waals surface area (Å²) in [6.07, 6.45) is -4.35. The van der Waals surface area contributed by atoms with E-state index in [0.717, 1.165) is 12.1 Å². The number of hydrogen-bond donors (Lipinski definition) is 0. The van der Waals surface area contributed by atoms with Gasteiger partial charge in [0.25, 0.3) is 0 Å². The molecule has 0 N–H and O–H groups in total. The monoisotopic (exact) mass is 316 g/mol. The third-order valence-electron chi connectivity index (χ3n) is 2.47. The average Bonchev–Trinajstić information content (AvgIpc) is 2.36. The number of ether oxygens (including phenoxy) is 1. The fourth-order valence-corrected chi connectivity index (χ4v) is 1.97. The minimum Gasteiger partial charge on any atom is -0.406 e. The molecule has 0 unspecified atom stereocenters. The van der Waals surface area contributed by atoms with Crippen LogP contribution in [0.25, 0.3) is 11.3 Å². The van der Waals surface area contributed by atoms with E-state index in [2.05, 4.69) is 14.7 Å². The molecule has 0 aliphatic carbocycles. The minimum absolute atomic E-state index is 0.00595. The quantitative estimate of drug-likeness (QED) is 0.638. The zero-order valence-electron chi connectivity index (χ0n) is 10.6. The summed E-state index contributed by atoms with van der Waals surface area (Å²) in [4.78, 5) is 18.9. The zero-order chi connectivity index (χ0) is 15.6. The highest BCUT2D eigenvalue weighted by molar-refractivity contribution is 6.32. The summed E-state index contributed by atoms with van der Waals surface area (Å²) in [6.45, 7) is 1.56. The van der Waals surface area contributed by atoms with Crippen LogP contribution < -0.4 is 4.74 Å². The Morgan fingerprint density at radius 1 is 1.29 bits per heavy atom. The van der Waals surface area contributed by atoms with Crippen molar-refractivity contribution in [2.45, 2.75) is 13.3 Å². The molecular formula is C13H8ClF3N2O2. The van der Waals surface area contributed by atoms with Crippen LogP contribution in [0.4, 0.5) is 13.2 Å². The van der Waals surface area contributed by atoms with Gasteiger partial charge in [-0.2, -0.15) is 0 Å². The van der Waals surface area contributed by atoms with Crippen molar-refractivity contribution in [2.75, 3.05) is 0 Å². The molecule has 1 aromatic carbocycles. The van der Waals surface area contributed by atoms with Crippen molar-refractivity contribution in [1.82, 2.24) is 9.97 Å². The van der Waals surface area contributed by atoms with E-state index < -0.39 is 12.1 Å². The summed E-state index contributed by atoms with van der Waals surface area (Å²) in [6, 6.07) is 5.12. The lowest BCUT2D eigenvalue weighted by Gasteiger charge is -2.11. The Balaban J connectivity index is 2.52. The molecule has 0 saturated heterocycles. The zero-order valence-corrected chi connectivity index (χ0v) is 11.4. The van der Waals surface area contributed by atoms with Gasteiger partial charge in [0.1, 0.15) is 16.7 Å².